The zero-order valence-corrected chi connectivity index (χ0v) is 15.1. The Kier molecular flexibility index (Phi) is 6.72. The van der Waals surface area contributed by atoms with Crippen molar-refractivity contribution in [3.63, 3.8) is 0 Å². The smallest absolute Gasteiger partial charge is 0.0731 e. The molecular formula is C18H28BrNO. The fraction of sp³-hybridized carbons (Fsp3) is 0.667. The molecule has 2 nitrogen and oxygen atoms in total. The number of halogens is 1. The number of benzene rings is 1. The summed E-state index contributed by atoms with van der Waals surface area (Å²) < 4.78 is 7.31. The van der Waals surface area contributed by atoms with Crippen molar-refractivity contribution in [1.82, 2.24) is 5.32 Å². The molecule has 3 heteroatoms. The fourth-order valence-electron chi connectivity index (χ4n) is 2.94. The van der Waals surface area contributed by atoms with Gasteiger partial charge in [0, 0.05) is 11.0 Å². The molecule has 0 aromatic heterocycles. The lowest BCUT2D eigenvalue weighted by Crippen LogP contribution is -2.26. The average molecular weight is 354 g/mol. The van der Waals surface area contributed by atoms with Gasteiger partial charge >= 0.3 is 0 Å². The summed E-state index contributed by atoms with van der Waals surface area (Å²) in [5, 5.41) is 3.35. The summed E-state index contributed by atoms with van der Waals surface area (Å²) >= 11 is 3.68. The Labute approximate surface area is 137 Å². The van der Waals surface area contributed by atoms with Gasteiger partial charge in [-0.25, -0.2) is 0 Å². The summed E-state index contributed by atoms with van der Waals surface area (Å²) in [5.41, 5.74) is 2.56. The van der Waals surface area contributed by atoms with Crippen LogP contribution >= 0.6 is 15.9 Å². The van der Waals surface area contributed by atoms with Gasteiger partial charge in [0.05, 0.1) is 12.7 Å². The van der Waals surface area contributed by atoms with Crippen LogP contribution in [0.15, 0.2) is 22.7 Å². The van der Waals surface area contributed by atoms with Crippen LogP contribution in [0.5, 0.6) is 0 Å². The van der Waals surface area contributed by atoms with E-state index in [0.29, 0.717) is 12.7 Å². The van der Waals surface area contributed by atoms with E-state index in [1.807, 2.05) is 0 Å². The third-order valence-electron chi connectivity index (χ3n) is 4.72. The molecule has 0 spiro atoms. The molecule has 1 aliphatic rings. The van der Waals surface area contributed by atoms with Gasteiger partial charge in [0.25, 0.3) is 0 Å². The van der Waals surface area contributed by atoms with Gasteiger partial charge in [-0.15, -0.1) is 0 Å². The molecule has 1 aromatic rings. The Morgan fingerprint density at radius 3 is 2.71 bits per heavy atom. The monoisotopic (exact) mass is 353 g/mol. The van der Waals surface area contributed by atoms with E-state index in [2.05, 4.69) is 60.2 Å². The summed E-state index contributed by atoms with van der Waals surface area (Å²) in [5.74, 6) is 1.64. The first kappa shape index (κ1) is 17.0. The Balaban J connectivity index is 1.85. The van der Waals surface area contributed by atoms with Crippen LogP contribution in [0.3, 0.4) is 0 Å². The molecule has 2 rings (SSSR count). The summed E-state index contributed by atoms with van der Waals surface area (Å²) in [6, 6.07) is 6.58. The SMILES string of the molecule is CCNCc1ccc(COC2CCC(C)C(C)C2)c(Br)c1. The van der Waals surface area contributed by atoms with Gasteiger partial charge in [-0.05, 0) is 54.8 Å². The maximum Gasteiger partial charge on any atom is 0.0731 e. The van der Waals surface area contributed by atoms with Crippen molar-refractivity contribution in [2.24, 2.45) is 11.8 Å². The zero-order valence-electron chi connectivity index (χ0n) is 13.5. The second-order valence-corrected chi connectivity index (χ2v) is 7.26. The highest BCUT2D eigenvalue weighted by molar-refractivity contribution is 9.10. The molecular weight excluding hydrogens is 326 g/mol. The minimum absolute atomic E-state index is 0.435. The molecule has 0 heterocycles. The summed E-state index contributed by atoms with van der Waals surface area (Å²) in [7, 11) is 0. The van der Waals surface area contributed by atoms with E-state index in [4.69, 9.17) is 4.74 Å². The Morgan fingerprint density at radius 1 is 1.24 bits per heavy atom. The number of ether oxygens (including phenoxy) is 1. The summed E-state index contributed by atoms with van der Waals surface area (Å²) in [6.07, 6.45) is 4.15. The predicted octanol–water partition coefficient (Wildman–Crippen LogP) is 4.90. The van der Waals surface area contributed by atoms with E-state index in [0.717, 1.165) is 29.4 Å². The topological polar surface area (TPSA) is 21.3 Å². The van der Waals surface area contributed by atoms with E-state index >= 15 is 0 Å². The van der Waals surface area contributed by atoms with Gasteiger partial charge in [-0.2, -0.15) is 0 Å². The van der Waals surface area contributed by atoms with E-state index in [-0.39, 0.29) is 0 Å². The van der Waals surface area contributed by atoms with Crippen molar-refractivity contribution in [2.75, 3.05) is 6.54 Å². The second kappa shape index (κ2) is 8.30. The number of rotatable bonds is 6. The second-order valence-electron chi connectivity index (χ2n) is 6.41. The van der Waals surface area contributed by atoms with Crippen molar-refractivity contribution in [3.8, 4) is 0 Å². The highest BCUT2D eigenvalue weighted by Gasteiger charge is 2.25. The lowest BCUT2D eigenvalue weighted by atomic mass is 9.80. The molecule has 1 saturated carbocycles. The third-order valence-corrected chi connectivity index (χ3v) is 5.46. The Bertz CT molecular complexity index is 449. The number of hydrogen-bond acceptors (Lipinski definition) is 2. The lowest BCUT2D eigenvalue weighted by molar-refractivity contribution is -0.00766. The van der Waals surface area contributed by atoms with Crippen molar-refractivity contribution in [2.45, 2.75) is 59.3 Å². The van der Waals surface area contributed by atoms with Crippen LogP contribution in [0, 0.1) is 11.8 Å². The largest absolute Gasteiger partial charge is 0.373 e. The molecule has 1 fully saturated rings. The number of nitrogens with one attached hydrogen (secondary N) is 1. The molecule has 1 N–H and O–H groups in total. The summed E-state index contributed by atoms with van der Waals surface area (Å²) in [6.45, 7) is 9.48. The van der Waals surface area contributed by atoms with Crippen molar-refractivity contribution >= 4 is 15.9 Å². The zero-order chi connectivity index (χ0) is 15.2. The first-order chi connectivity index (χ1) is 10.1. The van der Waals surface area contributed by atoms with E-state index in [1.54, 1.807) is 0 Å². The van der Waals surface area contributed by atoms with Gasteiger partial charge in [0.15, 0.2) is 0 Å². The van der Waals surface area contributed by atoms with E-state index < -0.39 is 0 Å². The minimum atomic E-state index is 0.435. The molecule has 0 bridgehead atoms. The average Bonchev–Trinajstić information content (AvgIpc) is 2.47. The highest BCUT2D eigenvalue weighted by Crippen LogP contribution is 2.31. The van der Waals surface area contributed by atoms with E-state index in [9.17, 15) is 0 Å². The fourth-order valence-corrected chi connectivity index (χ4v) is 3.48. The molecule has 0 saturated heterocycles. The lowest BCUT2D eigenvalue weighted by Gasteiger charge is -2.32. The quantitative estimate of drug-likeness (QED) is 0.785. The van der Waals surface area contributed by atoms with E-state index in [1.165, 1.54) is 30.4 Å². The van der Waals surface area contributed by atoms with Gasteiger partial charge in [-0.3, -0.25) is 0 Å². The van der Waals surface area contributed by atoms with Crippen molar-refractivity contribution in [1.29, 1.82) is 0 Å². The molecule has 21 heavy (non-hydrogen) atoms. The molecule has 118 valence electrons. The molecule has 0 aliphatic heterocycles. The van der Waals surface area contributed by atoms with Crippen LogP contribution in [0.4, 0.5) is 0 Å². The Morgan fingerprint density at radius 2 is 2.05 bits per heavy atom. The van der Waals surface area contributed by atoms with Crippen LogP contribution in [0.25, 0.3) is 0 Å². The summed E-state index contributed by atoms with van der Waals surface area (Å²) in [4.78, 5) is 0. The maximum atomic E-state index is 6.14. The van der Waals surface area contributed by atoms with Crippen LogP contribution < -0.4 is 5.32 Å². The first-order valence-corrected chi connectivity index (χ1v) is 8.99. The van der Waals surface area contributed by atoms with Crippen molar-refractivity contribution < 1.29 is 4.74 Å². The first-order valence-electron chi connectivity index (χ1n) is 8.19. The molecule has 0 amide bonds. The highest BCUT2D eigenvalue weighted by atomic mass is 79.9. The van der Waals surface area contributed by atoms with Crippen LogP contribution in [0.1, 0.15) is 51.2 Å². The van der Waals surface area contributed by atoms with Gasteiger partial charge < -0.3 is 10.1 Å². The maximum absolute atomic E-state index is 6.14. The molecule has 1 aliphatic carbocycles. The van der Waals surface area contributed by atoms with Gasteiger partial charge in [0.2, 0.25) is 0 Å². The predicted molar refractivity (Wildman–Crippen MR) is 92.3 cm³/mol. The standard InChI is InChI=1S/C18H28BrNO/c1-4-20-11-15-6-7-16(18(19)10-15)12-21-17-8-5-13(2)14(3)9-17/h6-7,10,13-14,17,20H,4-5,8-9,11-12H2,1-3H3. The van der Waals surface area contributed by atoms with Crippen LogP contribution in [0.2, 0.25) is 0 Å². The molecule has 3 unspecified atom stereocenters. The van der Waals surface area contributed by atoms with Crippen molar-refractivity contribution in [3.05, 3.63) is 33.8 Å². The third kappa shape index (κ3) is 5.08. The molecule has 0 radical (unpaired) electrons. The van der Waals surface area contributed by atoms with Gasteiger partial charge in [0.1, 0.15) is 0 Å². The van der Waals surface area contributed by atoms with Crippen LogP contribution in [-0.4, -0.2) is 12.6 Å². The Hall–Kier alpha value is -0.380. The normalized spacial score (nSPS) is 26.0. The molecule has 1 aromatic carbocycles. The number of hydrogen-bond donors (Lipinski definition) is 1. The molecule has 3 atom stereocenters. The van der Waals surface area contributed by atoms with Gasteiger partial charge in [-0.1, -0.05) is 48.8 Å². The van der Waals surface area contributed by atoms with Crippen LogP contribution in [-0.2, 0) is 17.9 Å². The minimum Gasteiger partial charge on any atom is -0.373 e.